The van der Waals surface area contributed by atoms with Gasteiger partial charge in [0.15, 0.2) is 0 Å². The van der Waals surface area contributed by atoms with Gasteiger partial charge in [-0.05, 0) is 31.2 Å². The second kappa shape index (κ2) is 19.8. The minimum Gasteiger partial charge on any atom is -0.481 e. The van der Waals surface area contributed by atoms with Gasteiger partial charge >= 0.3 is 11.9 Å². The zero-order valence-electron chi connectivity index (χ0n) is 20.1. The largest absolute Gasteiger partial charge is 0.481 e. The molecule has 1 rings (SSSR count). The monoisotopic (exact) mass is 448 g/mol. The Labute approximate surface area is 194 Å². The SMILES string of the molecule is CCCC(CCCCCCCCCCCCCC(=O)O)OC(=O)COCc1ccccc1. The smallest absolute Gasteiger partial charge is 0.332 e. The molecule has 0 aliphatic heterocycles. The number of unbranched alkanes of at least 4 members (excludes halogenated alkanes) is 10. The zero-order valence-corrected chi connectivity index (χ0v) is 20.1. The lowest BCUT2D eigenvalue weighted by Crippen LogP contribution is -2.21. The lowest BCUT2D eigenvalue weighted by atomic mass is 10.0. The number of benzene rings is 1. The highest BCUT2D eigenvalue weighted by atomic mass is 16.6. The Kier molecular flexibility index (Phi) is 17.4. The van der Waals surface area contributed by atoms with Crippen LogP contribution < -0.4 is 0 Å². The molecule has 0 spiro atoms. The van der Waals surface area contributed by atoms with Crippen LogP contribution in [-0.2, 0) is 25.7 Å². The van der Waals surface area contributed by atoms with Crippen LogP contribution in [0.25, 0.3) is 0 Å². The third-order valence-corrected chi connectivity index (χ3v) is 5.66. The molecule has 0 aliphatic carbocycles. The molecule has 1 unspecified atom stereocenters. The molecular weight excluding hydrogens is 404 g/mol. The summed E-state index contributed by atoms with van der Waals surface area (Å²) in [7, 11) is 0. The predicted octanol–water partition coefficient (Wildman–Crippen LogP) is 7.07. The van der Waals surface area contributed by atoms with Crippen molar-refractivity contribution in [1.29, 1.82) is 0 Å². The fraction of sp³-hybridized carbons (Fsp3) is 0.704. The van der Waals surface area contributed by atoms with Gasteiger partial charge in [0, 0.05) is 6.42 Å². The van der Waals surface area contributed by atoms with E-state index >= 15 is 0 Å². The molecule has 0 amide bonds. The van der Waals surface area contributed by atoms with Crippen LogP contribution in [0.4, 0.5) is 0 Å². The standard InChI is InChI=1S/C27H44O5/c1-2-17-25(32-27(30)23-31-22-24-18-13-12-14-19-24)20-15-10-8-6-4-3-5-7-9-11-16-21-26(28)29/h12-14,18-19,25H,2-11,15-17,20-23H2,1H3,(H,28,29). The van der Waals surface area contributed by atoms with Crippen molar-refractivity contribution in [2.45, 2.75) is 116 Å². The van der Waals surface area contributed by atoms with E-state index in [9.17, 15) is 9.59 Å². The van der Waals surface area contributed by atoms with Crippen molar-refractivity contribution < 1.29 is 24.2 Å². The summed E-state index contributed by atoms with van der Waals surface area (Å²) in [6, 6.07) is 9.85. The number of carbonyl (C=O) groups excluding carboxylic acids is 1. The summed E-state index contributed by atoms with van der Waals surface area (Å²) < 4.78 is 11.1. The van der Waals surface area contributed by atoms with E-state index in [4.69, 9.17) is 14.6 Å². The maximum atomic E-state index is 12.1. The number of carbonyl (C=O) groups is 2. The van der Waals surface area contributed by atoms with Gasteiger partial charge in [0.1, 0.15) is 12.7 Å². The highest BCUT2D eigenvalue weighted by Crippen LogP contribution is 2.16. The minimum atomic E-state index is -0.683. The average Bonchev–Trinajstić information content (AvgIpc) is 2.77. The van der Waals surface area contributed by atoms with E-state index < -0.39 is 5.97 Å². The van der Waals surface area contributed by atoms with Gasteiger partial charge in [0.2, 0.25) is 0 Å². The van der Waals surface area contributed by atoms with E-state index in [-0.39, 0.29) is 18.7 Å². The number of ether oxygens (including phenoxy) is 2. The van der Waals surface area contributed by atoms with E-state index in [1.807, 2.05) is 30.3 Å². The van der Waals surface area contributed by atoms with Crippen molar-refractivity contribution >= 4 is 11.9 Å². The number of esters is 1. The number of hydrogen-bond donors (Lipinski definition) is 1. The van der Waals surface area contributed by atoms with Gasteiger partial charge in [-0.25, -0.2) is 4.79 Å². The molecule has 1 aromatic rings. The summed E-state index contributed by atoms with van der Waals surface area (Å²) >= 11 is 0. The summed E-state index contributed by atoms with van der Waals surface area (Å²) in [4.78, 5) is 22.5. The quantitative estimate of drug-likeness (QED) is 0.161. The molecule has 0 saturated carbocycles. The molecule has 0 aromatic heterocycles. The van der Waals surface area contributed by atoms with Crippen LogP contribution in [0, 0.1) is 0 Å². The van der Waals surface area contributed by atoms with Crippen molar-refractivity contribution in [2.24, 2.45) is 0 Å². The first kappa shape index (κ1) is 28.2. The Bertz CT molecular complexity index is 587. The fourth-order valence-electron chi connectivity index (χ4n) is 3.87. The van der Waals surface area contributed by atoms with Crippen LogP contribution in [0.15, 0.2) is 30.3 Å². The Hall–Kier alpha value is -1.88. The topological polar surface area (TPSA) is 72.8 Å². The summed E-state index contributed by atoms with van der Waals surface area (Å²) in [5.74, 6) is -0.945. The number of carboxylic acids is 1. The van der Waals surface area contributed by atoms with Crippen molar-refractivity contribution in [3.05, 3.63) is 35.9 Å². The van der Waals surface area contributed by atoms with Gasteiger partial charge < -0.3 is 14.6 Å². The van der Waals surface area contributed by atoms with E-state index in [1.54, 1.807) is 0 Å². The molecule has 182 valence electrons. The van der Waals surface area contributed by atoms with Crippen molar-refractivity contribution in [1.82, 2.24) is 0 Å². The molecule has 0 radical (unpaired) electrons. The predicted molar refractivity (Wildman–Crippen MR) is 129 cm³/mol. The molecule has 1 N–H and O–H groups in total. The lowest BCUT2D eigenvalue weighted by molar-refractivity contribution is -0.155. The second-order valence-electron chi connectivity index (χ2n) is 8.70. The van der Waals surface area contributed by atoms with Crippen molar-refractivity contribution in [3.63, 3.8) is 0 Å². The third-order valence-electron chi connectivity index (χ3n) is 5.66. The second-order valence-corrected chi connectivity index (χ2v) is 8.70. The Morgan fingerprint density at radius 3 is 1.94 bits per heavy atom. The number of aliphatic carboxylic acids is 1. The van der Waals surface area contributed by atoms with E-state index in [0.717, 1.165) is 50.5 Å². The van der Waals surface area contributed by atoms with Gasteiger partial charge in [0.05, 0.1) is 6.61 Å². The molecular formula is C27H44O5. The summed E-state index contributed by atoms with van der Waals surface area (Å²) in [6.45, 7) is 2.56. The van der Waals surface area contributed by atoms with Crippen LogP contribution in [-0.4, -0.2) is 29.8 Å². The van der Waals surface area contributed by atoms with E-state index in [0.29, 0.717) is 13.0 Å². The first-order chi connectivity index (χ1) is 15.6. The molecule has 5 nitrogen and oxygen atoms in total. The van der Waals surface area contributed by atoms with Gasteiger partial charge in [-0.15, -0.1) is 0 Å². The van der Waals surface area contributed by atoms with Crippen LogP contribution in [0.5, 0.6) is 0 Å². The number of carboxylic acid groups (broad SMARTS) is 1. The molecule has 5 heteroatoms. The average molecular weight is 449 g/mol. The maximum Gasteiger partial charge on any atom is 0.332 e. The number of rotatable bonds is 21. The van der Waals surface area contributed by atoms with Gasteiger partial charge in [-0.3, -0.25) is 4.79 Å². The van der Waals surface area contributed by atoms with Crippen molar-refractivity contribution in [3.8, 4) is 0 Å². The van der Waals surface area contributed by atoms with Crippen LogP contribution in [0.1, 0.15) is 109 Å². The molecule has 0 heterocycles. The van der Waals surface area contributed by atoms with Gasteiger partial charge in [0.25, 0.3) is 0 Å². The minimum absolute atomic E-state index is 0.00829. The van der Waals surface area contributed by atoms with Crippen LogP contribution >= 0.6 is 0 Å². The third kappa shape index (κ3) is 16.8. The molecule has 32 heavy (non-hydrogen) atoms. The Balaban J connectivity index is 1.98. The highest BCUT2D eigenvalue weighted by Gasteiger charge is 2.13. The van der Waals surface area contributed by atoms with E-state index in [1.165, 1.54) is 44.9 Å². The first-order valence-electron chi connectivity index (χ1n) is 12.6. The normalized spacial score (nSPS) is 11.9. The van der Waals surface area contributed by atoms with E-state index in [2.05, 4.69) is 6.92 Å². The van der Waals surface area contributed by atoms with Gasteiger partial charge in [-0.1, -0.05) is 101 Å². The summed E-state index contributed by atoms with van der Waals surface area (Å²) in [5, 5.41) is 8.61. The molecule has 0 fully saturated rings. The number of hydrogen-bond acceptors (Lipinski definition) is 4. The Morgan fingerprint density at radius 2 is 1.38 bits per heavy atom. The molecule has 0 saturated heterocycles. The van der Waals surface area contributed by atoms with Gasteiger partial charge in [-0.2, -0.15) is 0 Å². The summed E-state index contributed by atoms with van der Waals surface area (Å²) in [6.07, 6.45) is 16.0. The molecule has 1 atom stereocenters. The first-order valence-corrected chi connectivity index (χ1v) is 12.6. The molecule has 0 aliphatic rings. The van der Waals surface area contributed by atoms with Crippen LogP contribution in [0.3, 0.4) is 0 Å². The zero-order chi connectivity index (χ0) is 23.3. The van der Waals surface area contributed by atoms with Crippen LogP contribution in [0.2, 0.25) is 0 Å². The maximum absolute atomic E-state index is 12.1. The molecule has 1 aromatic carbocycles. The highest BCUT2D eigenvalue weighted by molar-refractivity contribution is 5.70. The lowest BCUT2D eigenvalue weighted by Gasteiger charge is -2.17. The Morgan fingerprint density at radius 1 is 0.812 bits per heavy atom. The summed E-state index contributed by atoms with van der Waals surface area (Å²) in [5.41, 5.74) is 1.06. The fourth-order valence-corrected chi connectivity index (χ4v) is 3.87. The molecule has 0 bridgehead atoms. The van der Waals surface area contributed by atoms with Crippen molar-refractivity contribution in [2.75, 3.05) is 6.61 Å².